The van der Waals surface area contributed by atoms with Crippen molar-refractivity contribution in [3.05, 3.63) is 0 Å². The van der Waals surface area contributed by atoms with Gasteiger partial charge in [0, 0.05) is 6.04 Å². The summed E-state index contributed by atoms with van der Waals surface area (Å²) in [5.74, 6) is -0.303. The smallest absolute Gasteiger partial charge is 0.249 e. The maximum Gasteiger partial charge on any atom is 0.249 e. The second-order valence-corrected chi connectivity index (χ2v) is 6.24. The summed E-state index contributed by atoms with van der Waals surface area (Å²) >= 11 is 0. The minimum absolute atomic E-state index is 0.0241. The van der Waals surface area contributed by atoms with E-state index in [2.05, 4.69) is 5.32 Å². The van der Waals surface area contributed by atoms with E-state index in [0.717, 1.165) is 19.3 Å². The van der Waals surface area contributed by atoms with E-state index in [-0.39, 0.29) is 30.3 Å². The summed E-state index contributed by atoms with van der Waals surface area (Å²) in [6, 6.07) is -0.648. The van der Waals surface area contributed by atoms with Gasteiger partial charge in [0.05, 0.1) is 5.92 Å². The molecule has 3 amide bonds. The predicted molar refractivity (Wildman–Crippen MR) is 71.2 cm³/mol. The number of hydrogen-bond donors (Lipinski definition) is 2. The van der Waals surface area contributed by atoms with Gasteiger partial charge in [-0.3, -0.25) is 19.7 Å². The number of fused-ring (bicyclic) bond motifs is 2. The summed E-state index contributed by atoms with van der Waals surface area (Å²) in [5.41, 5.74) is 6.19. The van der Waals surface area contributed by atoms with E-state index >= 15 is 0 Å². The largest absolute Gasteiger partial charge is 0.327 e. The topological polar surface area (TPSA) is 92.5 Å². The molecule has 1 heterocycles. The molecule has 2 aliphatic carbocycles. The van der Waals surface area contributed by atoms with Crippen LogP contribution in [0.2, 0.25) is 0 Å². The molecule has 3 rings (SSSR count). The summed E-state index contributed by atoms with van der Waals surface area (Å²) in [6.45, 7) is 1.82. The van der Waals surface area contributed by atoms with Crippen molar-refractivity contribution >= 4 is 17.7 Å². The van der Waals surface area contributed by atoms with Crippen molar-refractivity contribution < 1.29 is 14.4 Å². The number of amides is 3. The maximum absolute atomic E-state index is 12.8. The first-order chi connectivity index (χ1) is 9.52. The molecule has 110 valence electrons. The van der Waals surface area contributed by atoms with Gasteiger partial charge in [0.1, 0.15) is 12.6 Å². The summed E-state index contributed by atoms with van der Waals surface area (Å²) in [6.07, 6.45) is 3.68. The average Bonchev–Trinajstić information content (AvgIpc) is 2.98. The Labute approximate surface area is 118 Å². The Morgan fingerprint density at radius 2 is 2.05 bits per heavy atom. The van der Waals surface area contributed by atoms with Gasteiger partial charge in [-0.25, -0.2) is 0 Å². The highest BCUT2D eigenvalue weighted by Gasteiger charge is 2.51. The standard InChI is InChI=1S/C14H21N3O3/c1-2-9-13(19)16-10(18)6-17(9)14(20)11-7-3-4-8(5-7)12(11)15/h7-9,11-12H,2-6,15H2,1H3,(H,16,18,19). The van der Waals surface area contributed by atoms with Crippen LogP contribution in [0.1, 0.15) is 32.6 Å². The molecule has 0 aromatic heterocycles. The molecule has 0 aromatic rings. The van der Waals surface area contributed by atoms with Crippen LogP contribution < -0.4 is 11.1 Å². The van der Waals surface area contributed by atoms with Crippen molar-refractivity contribution in [2.75, 3.05) is 6.54 Å². The molecule has 3 N–H and O–H groups in total. The quantitative estimate of drug-likeness (QED) is 0.674. The third-order valence-corrected chi connectivity index (χ3v) is 5.19. The van der Waals surface area contributed by atoms with Crippen LogP contribution in [-0.2, 0) is 14.4 Å². The number of carbonyl (C=O) groups is 3. The molecule has 3 fully saturated rings. The van der Waals surface area contributed by atoms with Crippen LogP contribution in [0.4, 0.5) is 0 Å². The van der Waals surface area contributed by atoms with Crippen molar-refractivity contribution in [2.24, 2.45) is 23.5 Å². The lowest BCUT2D eigenvalue weighted by molar-refractivity contribution is -0.153. The third kappa shape index (κ3) is 1.93. The second-order valence-electron chi connectivity index (χ2n) is 6.24. The van der Waals surface area contributed by atoms with Gasteiger partial charge in [-0.2, -0.15) is 0 Å². The highest BCUT2D eigenvalue weighted by Crippen LogP contribution is 2.48. The van der Waals surface area contributed by atoms with E-state index in [1.165, 1.54) is 4.90 Å². The van der Waals surface area contributed by atoms with Crippen LogP contribution in [0.15, 0.2) is 0 Å². The fourth-order valence-corrected chi connectivity index (χ4v) is 4.20. The monoisotopic (exact) mass is 279 g/mol. The highest BCUT2D eigenvalue weighted by atomic mass is 16.2. The molecular weight excluding hydrogens is 258 g/mol. The van der Waals surface area contributed by atoms with E-state index in [9.17, 15) is 14.4 Å². The molecule has 1 aliphatic heterocycles. The number of hydrogen-bond acceptors (Lipinski definition) is 4. The molecule has 0 radical (unpaired) electrons. The molecule has 3 aliphatic rings. The maximum atomic E-state index is 12.8. The molecule has 1 saturated heterocycles. The Balaban J connectivity index is 1.81. The van der Waals surface area contributed by atoms with Crippen LogP contribution in [0.5, 0.6) is 0 Å². The van der Waals surface area contributed by atoms with Gasteiger partial charge in [0.2, 0.25) is 17.7 Å². The van der Waals surface area contributed by atoms with E-state index in [4.69, 9.17) is 5.73 Å². The molecule has 6 heteroatoms. The Morgan fingerprint density at radius 1 is 1.35 bits per heavy atom. The van der Waals surface area contributed by atoms with E-state index in [1.807, 2.05) is 6.92 Å². The molecule has 2 saturated carbocycles. The predicted octanol–water partition coefficient (Wildman–Crippen LogP) is -0.377. The van der Waals surface area contributed by atoms with E-state index in [1.54, 1.807) is 0 Å². The molecule has 5 unspecified atom stereocenters. The summed E-state index contributed by atoms with van der Waals surface area (Å²) in [4.78, 5) is 37.6. The van der Waals surface area contributed by atoms with Gasteiger partial charge >= 0.3 is 0 Å². The van der Waals surface area contributed by atoms with Crippen molar-refractivity contribution in [2.45, 2.75) is 44.7 Å². The number of piperazine rings is 1. The van der Waals surface area contributed by atoms with Gasteiger partial charge in [0.25, 0.3) is 0 Å². The van der Waals surface area contributed by atoms with Crippen LogP contribution in [0.25, 0.3) is 0 Å². The van der Waals surface area contributed by atoms with Crippen molar-refractivity contribution in [3.63, 3.8) is 0 Å². The summed E-state index contributed by atoms with van der Waals surface area (Å²) < 4.78 is 0. The van der Waals surface area contributed by atoms with Crippen LogP contribution in [0, 0.1) is 17.8 Å². The molecular formula is C14H21N3O3. The fraction of sp³-hybridized carbons (Fsp3) is 0.786. The van der Waals surface area contributed by atoms with Crippen LogP contribution in [-0.4, -0.2) is 41.2 Å². The fourth-order valence-electron chi connectivity index (χ4n) is 4.20. The van der Waals surface area contributed by atoms with Gasteiger partial charge in [-0.1, -0.05) is 6.92 Å². The molecule has 2 bridgehead atoms. The molecule has 5 atom stereocenters. The first-order valence-corrected chi connectivity index (χ1v) is 7.42. The van der Waals surface area contributed by atoms with Crippen LogP contribution in [0.3, 0.4) is 0 Å². The van der Waals surface area contributed by atoms with Gasteiger partial charge in [-0.05, 0) is 37.5 Å². The van der Waals surface area contributed by atoms with Crippen LogP contribution >= 0.6 is 0 Å². The highest BCUT2D eigenvalue weighted by molar-refractivity contribution is 6.04. The van der Waals surface area contributed by atoms with Gasteiger partial charge in [0.15, 0.2) is 0 Å². The zero-order chi connectivity index (χ0) is 14.4. The Hall–Kier alpha value is -1.43. The van der Waals surface area contributed by atoms with Gasteiger partial charge < -0.3 is 10.6 Å². The minimum Gasteiger partial charge on any atom is -0.327 e. The Kier molecular flexibility index (Phi) is 3.28. The lowest BCUT2D eigenvalue weighted by Gasteiger charge is -2.38. The lowest BCUT2D eigenvalue weighted by Crippen LogP contribution is -2.62. The number of nitrogens with zero attached hydrogens (tertiary/aromatic N) is 1. The molecule has 20 heavy (non-hydrogen) atoms. The van der Waals surface area contributed by atoms with E-state index in [0.29, 0.717) is 18.3 Å². The molecule has 0 aromatic carbocycles. The molecule has 0 spiro atoms. The first kappa shape index (κ1) is 13.5. The zero-order valence-corrected chi connectivity index (χ0v) is 11.7. The number of imide groups is 1. The minimum atomic E-state index is -0.536. The average molecular weight is 279 g/mol. The third-order valence-electron chi connectivity index (χ3n) is 5.19. The normalized spacial score (nSPS) is 40.1. The van der Waals surface area contributed by atoms with Crippen molar-refractivity contribution in [1.29, 1.82) is 0 Å². The van der Waals surface area contributed by atoms with Gasteiger partial charge in [-0.15, -0.1) is 0 Å². The Bertz CT molecular complexity index is 463. The first-order valence-electron chi connectivity index (χ1n) is 7.42. The van der Waals surface area contributed by atoms with Crippen molar-refractivity contribution in [1.82, 2.24) is 10.2 Å². The number of nitrogens with one attached hydrogen (secondary N) is 1. The summed E-state index contributed by atoms with van der Waals surface area (Å²) in [7, 11) is 0. The number of rotatable bonds is 2. The van der Waals surface area contributed by atoms with Crippen molar-refractivity contribution in [3.8, 4) is 0 Å². The lowest BCUT2D eigenvalue weighted by atomic mass is 9.83. The number of nitrogens with two attached hydrogens (primary N) is 1. The zero-order valence-electron chi connectivity index (χ0n) is 11.7. The second kappa shape index (κ2) is 4.84. The summed E-state index contributed by atoms with van der Waals surface area (Å²) in [5, 5.41) is 2.30. The van der Waals surface area contributed by atoms with E-state index < -0.39 is 11.9 Å². The number of carbonyl (C=O) groups excluding carboxylic acids is 3. The SMILES string of the molecule is CCC1C(=O)NC(=O)CN1C(=O)C1C2CCC(C2)C1N. The molecule has 6 nitrogen and oxygen atoms in total. The Morgan fingerprint density at radius 3 is 2.65 bits per heavy atom.